The minimum absolute atomic E-state index is 0.0446. The predicted molar refractivity (Wildman–Crippen MR) is 128 cm³/mol. The fourth-order valence-electron chi connectivity index (χ4n) is 3.23. The Morgan fingerprint density at radius 2 is 1.52 bits per heavy atom. The molecule has 3 aromatic rings. The Labute approximate surface area is 194 Å². The summed E-state index contributed by atoms with van der Waals surface area (Å²) in [4.78, 5) is 37.6. The fourth-order valence-corrected chi connectivity index (χ4v) is 3.23. The Hall–Kier alpha value is -3.93. The second kappa shape index (κ2) is 11.1. The fraction of sp³-hybridized carbons (Fsp3) is 0.222. The molecule has 33 heavy (non-hydrogen) atoms. The van der Waals surface area contributed by atoms with E-state index in [1.165, 1.54) is 0 Å². The highest BCUT2D eigenvalue weighted by molar-refractivity contribution is 6.04. The predicted octanol–water partition coefficient (Wildman–Crippen LogP) is 4.75. The number of aryl methyl sites for hydroxylation is 1. The highest BCUT2D eigenvalue weighted by atomic mass is 16.5. The van der Waals surface area contributed by atoms with Gasteiger partial charge in [0, 0.05) is 16.8 Å². The highest BCUT2D eigenvalue weighted by Gasteiger charge is 2.26. The molecule has 0 radical (unpaired) electrons. The third-order valence-corrected chi connectivity index (χ3v) is 5.12. The van der Waals surface area contributed by atoms with Crippen molar-refractivity contribution in [2.75, 3.05) is 5.32 Å². The molecule has 0 spiro atoms. The zero-order valence-corrected chi connectivity index (χ0v) is 19.0. The molecule has 6 nitrogen and oxygen atoms in total. The minimum atomic E-state index is -0.770. The number of benzene rings is 3. The first-order chi connectivity index (χ1) is 15.8. The van der Waals surface area contributed by atoms with E-state index in [9.17, 15) is 14.4 Å². The summed E-state index contributed by atoms with van der Waals surface area (Å²) in [5, 5.41) is 5.60. The minimum Gasteiger partial charge on any atom is -0.459 e. The summed E-state index contributed by atoms with van der Waals surface area (Å²) in [6.45, 7) is 5.65. The molecule has 0 heterocycles. The number of para-hydroxylation sites is 1. The summed E-state index contributed by atoms with van der Waals surface area (Å²) in [6.07, 6.45) is 0. The van der Waals surface area contributed by atoms with Gasteiger partial charge >= 0.3 is 5.97 Å². The topological polar surface area (TPSA) is 84.5 Å². The van der Waals surface area contributed by atoms with Crippen LogP contribution in [0.5, 0.6) is 0 Å². The van der Waals surface area contributed by atoms with E-state index in [4.69, 9.17) is 4.74 Å². The molecular weight excluding hydrogens is 416 g/mol. The van der Waals surface area contributed by atoms with Crippen molar-refractivity contribution in [3.05, 3.63) is 101 Å². The van der Waals surface area contributed by atoms with Crippen LogP contribution in [0.4, 0.5) is 5.69 Å². The van der Waals surface area contributed by atoms with E-state index >= 15 is 0 Å². The molecule has 0 saturated carbocycles. The van der Waals surface area contributed by atoms with Gasteiger partial charge in [0.25, 0.3) is 11.8 Å². The molecule has 170 valence electrons. The van der Waals surface area contributed by atoms with Crippen LogP contribution in [0.1, 0.15) is 45.7 Å². The Balaban J connectivity index is 1.56. The van der Waals surface area contributed by atoms with E-state index in [1.54, 1.807) is 42.5 Å². The van der Waals surface area contributed by atoms with Crippen molar-refractivity contribution in [3.8, 4) is 0 Å². The molecule has 3 rings (SSSR count). The number of carbonyl (C=O) groups is 3. The number of esters is 1. The molecular formula is C27H28N2O4. The van der Waals surface area contributed by atoms with Crippen LogP contribution in [0.3, 0.4) is 0 Å². The van der Waals surface area contributed by atoms with E-state index in [0.717, 1.165) is 11.1 Å². The molecule has 2 N–H and O–H groups in total. The lowest BCUT2D eigenvalue weighted by Gasteiger charge is -2.21. The lowest BCUT2D eigenvalue weighted by Crippen LogP contribution is -2.45. The zero-order valence-electron chi connectivity index (χ0n) is 19.0. The van der Waals surface area contributed by atoms with Gasteiger partial charge in [-0.25, -0.2) is 4.79 Å². The van der Waals surface area contributed by atoms with Gasteiger partial charge in [-0.3, -0.25) is 9.59 Å². The van der Waals surface area contributed by atoms with Gasteiger partial charge in [0.1, 0.15) is 12.6 Å². The van der Waals surface area contributed by atoms with Gasteiger partial charge in [0.15, 0.2) is 0 Å². The van der Waals surface area contributed by atoms with Crippen LogP contribution < -0.4 is 10.6 Å². The Kier molecular flexibility index (Phi) is 7.97. The van der Waals surface area contributed by atoms with Crippen LogP contribution >= 0.6 is 0 Å². The first-order valence-electron chi connectivity index (χ1n) is 10.8. The molecule has 2 amide bonds. The van der Waals surface area contributed by atoms with Crippen molar-refractivity contribution in [2.24, 2.45) is 5.92 Å². The van der Waals surface area contributed by atoms with Gasteiger partial charge in [0.2, 0.25) is 0 Å². The zero-order chi connectivity index (χ0) is 23.8. The second-order valence-electron chi connectivity index (χ2n) is 8.19. The summed E-state index contributed by atoms with van der Waals surface area (Å²) < 4.78 is 5.45. The van der Waals surface area contributed by atoms with Crippen molar-refractivity contribution in [1.29, 1.82) is 0 Å². The van der Waals surface area contributed by atoms with Crippen LogP contribution in [-0.4, -0.2) is 23.8 Å². The molecule has 0 bridgehead atoms. The highest BCUT2D eigenvalue weighted by Crippen LogP contribution is 2.13. The second-order valence-corrected chi connectivity index (χ2v) is 8.19. The van der Waals surface area contributed by atoms with Crippen molar-refractivity contribution < 1.29 is 19.1 Å². The number of hydrogen-bond acceptors (Lipinski definition) is 4. The van der Waals surface area contributed by atoms with Gasteiger partial charge in [-0.2, -0.15) is 0 Å². The van der Waals surface area contributed by atoms with Gasteiger partial charge in [0.05, 0.1) is 0 Å². The maximum Gasteiger partial charge on any atom is 0.329 e. The smallest absolute Gasteiger partial charge is 0.329 e. The van der Waals surface area contributed by atoms with Gasteiger partial charge < -0.3 is 15.4 Å². The van der Waals surface area contributed by atoms with Crippen LogP contribution in [0.2, 0.25) is 0 Å². The van der Waals surface area contributed by atoms with Crippen molar-refractivity contribution in [3.63, 3.8) is 0 Å². The monoisotopic (exact) mass is 444 g/mol. The van der Waals surface area contributed by atoms with Crippen LogP contribution in [-0.2, 0) is 16.1 Å². The third-order valence-electron chi connectivity index (χ3n) is 5.12. The molecule has 3 aromatic carbocycles. The molecule has 0 unspecified atom stereocenters. The van der Waals surface area contributed by atoms with Crippen molar-refractivity contribution in [2.45, 2.75) is 33.4 Å². The average molecular weight is 445 g/mol. The first-order valence-corrected chi connectivity index (χ1v) is 10.8. The van der Waals surface area contributed by atoms with E-state index < -0.39 is 12.0 Å². The van der Waals surface area contributed by atoms with Crippen LogP contribution in [0.25, 0.3) is 0 Å². The molecule has 0 aliphatic heterocycles. The molecule has 0 aromatic heterocycles. The third kappa shape index (κ3) is 6.77. The number of ether oxygens (including phenoxy) is 1. The quantitative estimate of drug-likeness (QED) is 0.491. The SMILES string of the molecule is Cc1cccc(C(=O)N[C@H](C(=O)OCc2ccc(C(=O)Nc3ccccc3)cc2)C(C)C)c1. The van der Waals surface area contributed by atoms with E-state index in [-0.39, 0.29) is 24.3 Å². The summed E-state index contributed by atoms with van der Waals surface area (Å²) >= 11 is 0. The van der Waals surface area contributed by atoms with Crippen LogP contribution in [0.15, 0.2) is 78.9 Å². The largest absolute Gasteiger partial charge is 0.459 e. The number of rotatable bonds is 8. The number of nitrogens with one attached hydrogen (secondary N) is 2. The Bertz CT molecular complexity index is 1110. The van der Waals surface area contributed by atoms with Gasteiger partial charge in [-0.1, -0.05) is 61.9 Å². The van der Waals surface area contributed by atoms with Crippen LogP contribution in [0, 0.1) is 12.8 Å². The summed E-state index contributed by atoms with van der Waals surface area (Å²) in [5.41, 5.74) is 3.42. The number of carbonyl (C=O) groups excluding carboxylic acids is 3. The molecule has 0 fully saturated rings. The molecule has 0 saturated heterocycles. The maximum atomic E-state index is 12.7. The Morgan fingerprint density at radius 1 is 0.818 bits per heavy atom. The van der Waals surface area contributed by atoms with E-state index in [1.807, 2.05) is 57.2 Å². The molecule has 0 aliphatic carbocycles. The number of amides is 2. The lowest BCUT2D eigenvalue weighted by molar-refractivity contribution is -0.148. The first kappa shape index (κ1) is 23.7. The standard InChI is InChI=1S/C27H28N2O4/c1-18(2)24(29-26(31)22-9-7-8-19(3)16-22)27(32)33-17-20-12-14-21(15-13-20)25(30)28-23-10-5-4-6-11-23/h4-16,18,24H,17H2,1-3H3,(H,28,30)(H,29,31)/t24-/m0/s1. The van der Waals surface area contributed by atoms with E-state index in [2.05, 4.69) is 10.6 Å². The summed E-state index contributed by atoms with van der Waals surface area (Å²) in [7, 11) is 0. The summed E-state index contributed by atoms with van der Waals surface area (Å²) in [6, 6.07) is 22.5. The van der Waals surface area contributed by atoms with Crippen molar-refractivity contribution >= 4 is 23.5 Å². The Morgan fingerprint density at radius 3 is 2.15 bits per heavy atom. The van der Waals surface area contributed by atoms with Gasteiger partial charge in [-0.05, 0) is 54.8 Å². The number of anilines is 1. The molecule has 1 atom stereocenters. The van der Waals surface area contributed by atoms with Crippen molar-refractivity contribution in [1.82, 2.24) is 5.32 Å². The average Bonchev–Trinajstić information content (AvgIpc) is 2.81. The summed E-state index contributed by atoms with van der Waals surface area (Å²) in [5.74, 6) is -1.18. The van der Waals surface area contributed by atoms with E-state index in [0.29, 0.717) is 16.8 Å². The number of hydrogen-bond donors (Lipinski definition) is 2. The van der Waals surface area contributed by atoms with Gasteiger partial charge in [-0.15, -0.1) is 0 Å². The maximum absolute atomic E-state index is 12.7. The lowest BCUT2D eigenvalue weighted by atomic mass is 10.0. The normalized spacial score (nSPS) is 11.5. The molecule has 6 heteroatoms. The molecule has 0 aliphatic rings.